The number of hydrogen-bond donors (Lipinski definition) is 1. The van der Waals surface area contributed by atoms with Crippen LogP contribution in [-0.4, -0.2) is 37.3 Å². The molecule has 1 N–H and O–H groups in total. The lowest BCUT2D eigenvalue weighted by Crippen LogP contribution is -2.23. The standard InChI is InChI=1S/C12H16N2O2S2/c1-6-9(12(15)16)4-13-11(14-6)10-5-17-7(2)8(3)18-10/h4,7-8,10H,5H2,1-3H3,(H,15,16). The van der Waals surface area contributed by atoms with Crippen LogP contribution in [0.4, 0.5) is 0 Å². The van der Waals surface area contributed by atoms with Gasteiger partial charge in [-0.25, -0.2) is 14.8 Å². The third-order valence-electron chi connectivity index (χ3n) is 3.07. The van der Waals surface area contributed by atoms with Gasteiger partial charge in [0.25, 0.3) is 0 Å². The fourth-order valence-electron chi connectivity index (χ4n) is 1.77. The zero-order chi connectivity index (χ0) is 13.3. The molecule has 3 atom stereocenters. The summed E-state index contributed by atoms with van der Waals surface area (Å²) in [6.45, 7) is 6.17. The molecule has 1 aromatic heterocycles. The van der Waals surface area contributed by atoms with Crippen molar-refractivity contribution in [2.75, 3.05) is 5.75 Å². The zero-order valence-corrected chi connectivity index (χ0v) is 12.2. The van der Waals surface area contributed by atoms with Crippen molar-refractivity contribution in [1.82, 2.24) is 9.97 Å². The van der Waals surface area contributed by atoms with E-state index in [0.29, 0.717) is 16.2 Å². The second-order valence-electron chi connectivity index (χ2n) is 4.40. The molecule has 4 nitrogen and oxygen atoms in total. The van der Waals surface area contributed by atoms with Crippen LogP contribution in [-0.2, 0) is 0 Å². The molecule has 1 aromatic rings. The first-order chi connectivity index (χ1) is 8.49. The highest BCUT2D eigenvalue weighted by Gasteiger charge is 2.28. The molecule has 0 amide bonds. The quantitative estimate of drug-likeness (QED) is 0.901. The highest BCUT2D eigenvalue weighted by Crippen LogP contribution is 2.43. The van der Waals surface area contributed by atoms with Crippen LogP contribution in [0.25, 0.3) is 0 Å². The minimum atomic E-state index is -0.966. The van der Waals surface area contributed by atoms with E-state index in [2.05, 4.69) is 23.8 Å². The van der Waals surface area contributed by atoms with Crippen LogP contribution in [0.15, 0.2) is 6.20 Å². The van der Waals surface area contributed by atoms with Gasteiger partial charge in [0, 0.05) is 22.4 Å². The molecule has 2 rings (SSSR count). The first-order valence-electron chi connectivity index (χ1n) is 5.83. The molecule has 2 heterocycles. The highest BCUT2D eigenvalue weighted by atomic mass is 32.2. The lowest BCUT2D eigenvalue weighted by Gasteiger charge is -2.30. The summed E-state index contributed by atoms with van der Waals surface area (Å²) in [6, 6.07) is 0. The Hall–Kier alpha value is -0.750. The van der Waals surface area contributed by atoms with Crippen LogP contribution in [0.3, 0.4) is 0 Å². The van der Waals surface area contributed by atoms with Crippen LogP contribution in [0.1, 0.15) is 41.0 Å². The normalized spacial score (nSPS) is 28.1. The summed E-state index contributed by atoms with van der Waals surface area (Å²) < 4.78 is 0. The molecule has 18 heavy (non-hydrogen) atoms. The highest BCUT2D eigenvalue weighted by molar-refractivity contribution is 8.07. The van der Waals surface area contributed by atoms with E-state index in [-0.39, 0.29) is 10.8 Å². The average molecular weight is 284 g/mol. The molecule has 1 fully saturated rings. The van der Waals surface area contributed by atoms with Crippen molar-refractivity contribution in [3.63, 3.8) is 0 Å². The maximum Gasteiger partial charge on any atom is 0.339 e. The molecule has 0 aromatic carbocycles. The zero-order valence-electron chi connectivity index (χ0n) is 10.6. The van der Waals surface area contributed by atoms with Gasteiger partial charge in [0.2, 0.25) is 0 Å². The molecule has 0 bridgehead atoms. The van der Waals surface area contributed by atoms with E-state index in [0.717, 1.165) is 11.6 Å². The monoisotopic (exact) mass is 284 g/mol. The number of nitrogens with zero attached hydrogens (tertiary/aromatic N) is 2. The lowest BCUT2D eigenvalue weighted by atomic mass is 10.2. The number of aryl methyl sites for hydroxylation is 1. The first kappa shape index (κ1) is 13.7. The Morgan fingerprint density at radius 2 is 2.17 bits per heavy atom. The van der Waals surface area contributed by atoms with E-state index < -0.39 is 5.97 Å². The summed E-state index contributed by atoms with van der Waals surface area (Å²) in [7, 11) is 0. The van der Waals surface area contributed by atoms with Crippen molar-refractivity contribution in [3.8, 4) is 0 Å². The Morgan fingerprint density at radius 1 is 1.44 bits per heavy atom. The average Bonchev–Trinajstić information content (AvgIpc) is 2.32. The van der Waals surface area contributed by atoms with Gasteiger partial charge < -0.3 is 5.11 Å². The van der Waals surface area contributed by atoms with Gasteiger partial charge in [-0.1, -0.05) is 13.8 Å². The Balaban J connectivity index is 2.19. The fourth-order valence-corrected chi connectivity index (χ4v) is 4.62. The SMILES string of the molecule is Cc1nc(C2CSC(C)C(C)S2)ncc1C(=O)O. The maximum atomic E-state index is 10.9. The Kier molecular flexibility index (Phi) is 4.17. The van der Waals surface area contributed by atoms with E-state index in [1.54, 1.807) is 6.92 Å². The van der Waals surface area contributed by atoms with Gasteiger partial charge in [0.1, 0.15) is 5.82 Å². The summed E-state index contributed by atoms with van der Waals surface area (Å²) in [5.74, 6) is 0.780. The number of aromatic nitrogens is 2. The molecule has 1 aliphatic heterocycles. The molecule has 0 saturated carbocycles. The first-order valence-corrected chi connectivity index (χ1v) is 7.82. The number of rotatable bonds is 2. The van der Waals surface area contributed by atoms with Gasteiger partial charge in [-0.2, -0.15) is 11.8 Å². The molecular formula is C12H16N2O2S2. The van der Waals surface area contributed by atoms with Crippen LogP contribution in [0.2, 0.25) is 0 Å². The third-order valence-corrected chi connectivity index (χ3v) is 6.45. The number of carboxylic acids is 1. The summed E-state index contributed by atoms with van der Waals surface area (Å²) >= 11 is 3.81. The summed E-state index contributed by atoms with van der Waals surface area (Å²) in [6.07, 6.45) is 1.42. The lowest BCUT2D eigenvalue weighted by molar-refractivity contribution is 0.0695. The molecule has 0 spiro atoms. The maximum absolute atomic E-state index is 10.9. The Labute approximate surface area is 115 Å². The second kappa shape index (κ2) is 5.48. The van der Waals surface area contributed by atoms with Gasteiger partial charge in [-0.15, -0.1) is 11.8 Å². The molecule has 98 valence electrons. The van der Waals surface area contributed by atoms with E-state index in [9.17, 15) is 4.79 Å². The fraction of sp³-hybridized carbons (Fsp3) is 0.583. The number of thioether (sulfide) groups is 2. The van der Waals surface area contributed by atoms with E-state index in [4.69, 9.17) is 5.11 Å². The topological polar surface area (TPSA) is 63.1 Å². The van der Waals surface area contributed by atoms with Gasteiger partial charge in [-0.3, -0.25) is 0 Å². The number of aromatic carboxylic acids is 1. The Bertz CT molecular complexity index is 467. The van der Waals surface area contributed by atoms with Crippen molar-refractivity contribution in [2.24, 2.45) is 0 Å². The molecule has 0 aliphatic carbocycles. The predicted octanol–water partition coefficient (Wildman–Crippen LogP) is 2.78. The summed E-state index contributed by atoms with van der Waals surface area (Å²) in [4.78, 5) is 19.5. The third kappa shape index (κ3) is 2.80. The molecule has 1 aliphatic rings. The van der Waals surface area contributed by atoms with E-state index >= 15 is 0 Å². The van der Waals surface area contributed by atoms with Gasteiger partial charge in [0.15, 0.2) is 0 Å². The van der Waals surface area contributed by atoms with E-state index in [1.165, 1.54) is 6.20 Å². The van der Waals surface area contributed by atoms with Crippen molar-refractivity contribution in [3.05, 3.63) is 23.3 Å². The molecule has 6 heteroatoms. The largest absolute Gasteiger partial charge is 0.478 e. The van der Waals surface area contributed by atoms with Crippen LogP contribution in [0.5, 0.6) is 0 Å². The van der Waals surface area contributed by atoms with Crippen LogP contribution < -0.4 is 0 Å². The Morgan fingerprint density at radius 3 is 2.72 bits per heavy atom. The van der Waals surface area contributed by atoms with Crippen LogP contribution >= 0.6 is 23.5 Å². The minimum Gasteiger partial charge on any atom is -0.478 e. The molecule has 1 saturated heterocycles. The van der Waals surface area contributed by atoms with Gasteiger partial charge >= 0.3 is 5.97 Å². The van der Waals surface area contributed by atoms with Crippen molar-refractivity contribution in [1.29, 1.82) is 0 Å². The van der Waals surface area contributed by atoms with Crippen LogP contribution in [0, 0.1) is 6.92 Å². The predicted molar refractivity (Wildman–Crippen MR) is 75.4 cm³/mol. The second-order valence-corrected chi connectivity index (χ2v) is 7.40. The summed E-state index contributed by atoms with van der Waals surface area (Å²) in [5, 5.41) is 10.4. The summed E-state index contributed by atoms with van der Waals surface area (Å²) in [5.41, 5.74) is 0.734. The number of hydrogen-bond acceptors (Lipinski definition) is 5. The van der Waals surface area contributed by atoms with Gasteiger partial charge in [0.05, 0.1) is 16.5 Å². The smallest absolute Gasteiger partial charge is 0.339 e. The van der Waals surface area contributed by atoms with Gasteiger partial charge in [-0.05, 0) is 6.92 Å². The van der Waals surface area contributed by atoms with Crippen molar-refractivity contribution >= 4 is 29.5 Å². The number of carboxylic acid groups (broad SMARTS) is 1. The minimum absolute atomic E-state index is 0.189. The molecule has 3 unspecified atom stereocenters. The van der Waals surface area contributed by atoms with E-state index in [1.807, 2.05) is 23.5 Å². The van der Waals surface area contributed by atoms with Crippen molar-refractivity contribution < 1.29 is 9.90 Å². The molecule has 0 radical (unpaired) electrons. The van der Waals surface area contributed by atoms with Crippen molar-refractivity contribution in [2.45, 2.75) is 36.5 Å². The number of carbonyl (C=O) groups is 1. The molecular weight excluding hydrogens is 268 g/mol.